The fraction of sp³-hybridized carbons (Fsp3) is 0.0500. The van der Waals surface area contributed by atoms with Gasteiger partial charge in [-0.1, -0.05) is 35.3 Å². The van der Waals surface area contributed by atoms with E-state index in [9.17, 15) is 14.0 Å². The molecule has 2 aromatic carbocycles. The fourth-order valence-electron chi connectivity index (χ4n) is 2.47. The molecule has 0 aliphatic rings. The van der Waals surface area contributed by atoms with E-state index in [2.05, 4.69) is 10.3 Å². The molecule has 2 amide bonds. The molecule has 148 valence electrons. The molecule has 0 fully saturated rings. The zero-order valence-electron chi connectivity index (χ0n) is 15.0. The summed E-state index contributed by atoms with van der Waals surface area (Å²) in [5.41, 5.74) is 1.02. The summed E-state index contributed by atoms with van der Waals surface area (Å²) in [6.07, 6.45) is 2.77. The van der Waals surface area contributed by atoms with Crippen molar-refractivity contribution in [1.82, 2.24) is 4.98 Å². The molecular weight excluding hydrogens is 436 g/mol. The Morgan fingerprint density at radius 3 is 2.52 bits per heavy atom. The number of rotatable bonds is 5. The molecule has 3 rings (SSSR count). The maximum Gasteiger partial charge on any atom is 0.248 e. The summed E-state index contributed by atoms with van der Waals surface area (Å²) >= 11 is 13.0. The third kappa shape index (κ3) is 5.41. The van der Waals surface area contributed by atoms with Crippen LogP contribution in [-0.2, 0) is 9.59 Å². The second-order valence-corrected chi connectivity index (χ2v) is 7.55. The molecule has 0 aliphatic carbocycles. The number of hydrogen-bond donors (Lipinski definition) is 1. The molecule has 1 N–H and O–H groups in total. The molecule has 29 heavy (non-hydrogen) atoms. The van der Waals surface area contributed by atoms with Crippen molar-refractivity contribution in [2.24, 2.45) is 0 Å². The predicted molar refractivity (Wildman–Crippen MR) is 115 cm³/mol. The Balaban J connectivity index is 1.75. The lowest BCUT2D eigenvalue weighted by Gasteiger charge is -2.18. The van der Waals surface area contributed by atoms with Crippen molar-refractivity contribution >= 4 is 68.9 Å². The van der Waals surface area contributed by atoms with E-state index in [0.29, 0.717) is 26.6 Å². The number of halogens is 3. The first-order chi connectivity index (χ1) is 13.8. The van der Waals surface area contributed by atoms with Gasteiger partial charge < -0.3 is 5.32 Å². The van der Waals surface area contributed by atoms with Crippen LogP contribution in [0.5, 0.6) is 0 Å². The van der Waals surface area contributed by atoms with Gasteiger partial charge in [0.05, 0.1) is 11.4 Å². The average molecular weight is 450 g/mol. The molecule has 0 bridgehead atoms. The molecule has 0 saturated heterocycles. The lowest BCUT2D eigenvalue weighted by atomic mass is 10.3. The van der Waals surface area contributed by atoms with Crippen LogP contribution in [0.1, 0.15) is 12.6 Å². The Bertz CT molecular complexity index is 1080. The third-order valence-electron chi connectivity index (χ3n) is 3.64. The van der Waals surface area contributed by atoms with E-state index in [1.165, 1.54) is 36.1 Å². The highest BCUT2D eigenvalue weighted by Crippen LogP contribution is 2.31. The Morgan fingerprint density at radius 2 is 1.86 bits per heavy atom. The molecule has 9 heteroatoms. The van der Waals surface area contributed by atoms with E-state index >= 15 is 0 Å². The van der Waals surface area contributed by atoms with Gasteiger partial charge in [0.1, 0.15) is 5.82 Å². The van der Waals surface area contributed by atoms with Crippen LogP contribution in [0.15, 0.2) is 53.9 Å². The largest absolute Gasteiger partial charge is 0.322 e. The second-order valence-electron chi connectivity index (χ2n) is 5.84. The van der Waals surface area contributed by atoms with Crippen molar-refractivity contribution in [3.8, 4) is 0 Å². The van der Waals surface area contributed by atoms with Gasteiger partial charge in [0.25, 0.3) is 0 Å². The van der Waals surface area contributed by atoms with E-state index in [0.717, 1.165) is 11.3 Å². The highest BCUT2D eigenvalue weighted by molar-refractivity contribution is 7.14. The van der Waals surface area contributed by atoms with Gasteiger partial charge >= 0.3 is 0 Å². The number of nitrogens with zero attached hydrogens (tertiary/aromatic N) is 2. The summed E-state index contributed by atoms with van der Waals surface area (Å²) in [6.45, 7) is 1.33. The van der Waals surface area contributed by atoms with Crippen molar-refractivity contribution in [1.29, 1.82) is 0 Å². The molecule has 0 saturated carbocycles. The molecule has 0 radical (unpaired) electrons. The van der Waals surface area contributed by atoms with Crippen molar-refractivity contribution < 1.29 is 14.0 Å². The monoisotopic (exact) mass is 449 g/mol. The van der Waals surface area contributed by atoms with Crippen LogP contribution in [0.25, 0.3) is 6.08 Å². The van der Waals surface area contributed by atoms with E-state index in [-0.39, 0.29) is 11.6 Å². The van der Waals surface area contributed by atoms with Crippen LogP contribution >= 0.6 is 34.5 Å². The van der Waals surface area contributed by atoms with Crippen LogP contribution in [0.4, 0.5) is 20.9 Å². The normalized spacial score (nSPS) is 10.9. The van der Waals surface area contributed by atoms with Gasteiger partial charge in [0, 0.05) is 34.1 Å². The topological polar surface area (TPSA) is 62.3 Å². The molecule has 1 heterocycles. The zero-order valence-corrected chi connectivity index (χ0v) is 17.4. The van der Waals surface area contributed by atoms with E-state index in [1.807, 2.05) is 0 Å². The quantitative estimate of drug-likeness (QED) is 0.491. The van der Waals surface area contributed by atoms with E-state index in [1.54, 1.807) is 35.7 Å². The van der Waals surface area contributed by atoms with Crippen molar-refractivity contribution in [3.05, 3.63) is 75.5 Å². The lowest BCUT2D eigenvalue weighted by Crippen LogP contribution is -2.23. The Hall–Kier alpha value is -2.74. The minimum atomic E-state index is -0.533. The summed E-state index contributed by atoms with van der Waals surface area (Å²) in [6, 6.07) is 10.6. The number of aromatic nitrogens is 1. The van der Waals surface area contributed by atoms with Crippen LogP contribution in [0, 0.1) is 5.82 Å². The predicted octanol–water partition coefficient (Wildman–Crippen LogP) is 5.93. The van der Waals surface area contributed by atoms with Gasteiger partial charge in [0.2, 0.25) is 11.8 Å². The maximum absolute atomic E-state index is 14.1. The highest BCUT2D eigenvalue weighted by Gasteiger charge is 2.20. The number of carbonyl (C=O) groups excluding carboxylic acids is 2. The number of amides is 2. The molecular formula is C20H14Cl2FN3O2S. The third-order valence-corrected chi connectivity index (χ3v) is 4.93. The number of carbonyl (C=O) groups is 2. The van der Waals surface area contributed by atoms with Crippen LogP contribution in [0.2, 0.25) is 10.0 Å². The molecule has 0 spiro atoms. The molecule has 3 aromatic rings. The summed E-state index contributed by atoms with van der Waals surface area (Å²) < 4.78 is 14.1. The lowest BCUT2D eigenvalue weighted by molar-refractivity contribution is -0.116. The first-order valence-electron chi connectivity index (χ1n) is 8.29. The van der Waals surface area contributed by atoms with Crippen LogP contribution < -0.4 is 10.2 Å². The summed E-state index contributed by atoms with van der Waals surface area (Å²) in [7, 11) is 0. The van der Waals surface area contributed by atoms with Gasteiger partial charge in [-0.3, -0.25) is 14.5 Å². The van der Waals surface area contributed by atoms with Crippen molar-refractivity contribution in [3.63, 3.8) is 0 Å². The van der Waals surface area contributed by atoms with Gasteiger partial charge in [-0.05, 0) is 36.4 Å². The number of hydrogen-bond acceptors (Lipinski definition) is 4. The van der Waals surface area contributed by atoms with Gasteiger partial charge in [-0.15, -0.1) is 11.3 Å². The number of para-hydroxylation sites is 1. The van der Waals surface area contributed by atoms with E-state index < -0.39 is 11.7 Å². The molecule has 5 nitrogen and oxygen atoms in total. The Kier molecular flexibility index (Phi) is 6.64. The van der Waals surface area contributed by atoms with Crippen molar-refractivity contribution in [2.45, 2.75) is 6.92 Å². The minimum Gasteiger partial charge on any atom is -0.322 e. The summed E-state index contributed by atoms with van der Waals surface area (Å²) in [5, 5.41) is 5.40. The molecule has 0 aliphatic heterocycles. The summed E-state index contributed by atoms with van der Waals surface area (Å²) in [4.78, 5) is 29.6. The number of nitrogens with one attached hydrogen (secondary N) is 1. The molecule has 1 aromatic heterocycles. The van der Waals surface area contributed by atoms with Crippen LogP contribution in [-0.4, -0.2) is 16.8 Å². The number of thiazole rings is 1. The highest BCUT2D eigenvalue weighted by atomic mass is 35.5. The first-order valence-corrected chi connectivity index (χ1v) is 9.93. The van der Waals surface area contributed by atoms with Gasteiger partial charge in [-0.2, -0.15) is 0 Å². The van der Waals surface area contributed by atoms with Crippen molar-refractivity contribution in [2.75, 3.05) is 10.2 Å². The van der Waals surface area contributed by atoms with E-state index in [4.69, 9.17) is 23.2 Å². The number of benzene rings is 2. The molecule has 0 unspecified atom stereocenters. The molecule has 0 atom stereocenters. The SMILES string of the molecule is CC(=O)N(c1nc(/C=C/C(=O)Nc2cc(Cl)cc(Cl)c2)cs1)c1ccccc1F. The fourth-order valence-corrected chi connectivity index (χ4v) is 3.84. The average Bonchev–Trinajstić information content (AvgIpc) is 3.09. The van der Waals surface area contributed by atoms with Gasteiger partial charge in [-0.25, -0.2) is 9.37 Å². The number of anilines is 3. The minimum absolute atomic E-state index is 0.112. The summed E-state index contributed by atoms with van der Waals surface area (Å²) in [5.74, 6) is -1.32. The smallest absolute Gasteiger partial charge is 0.248 e. The first kappa shape index (κ1) is 21.0. The Labute approximate surface area is 180 Å². The maximum atomic E-state index is 14.1. The Morgan fingerprint density at radius 1 is 1.17 bits per heavy atom. The standard InChI is InChI=1S/C20H14Cl2FN3O2S/c1-12(27)26(18-5-3-2-4-17(18)23)20-25-15(11-29-20)6-7-19(28)24-16-9-13(21)8-14(22)10-16/h2-11H,1H3,(H,24,28)/b7-6+. The van der Waals surface area contributed by atoms with Gasteiger partial charge in [0.15, 0.2) is 5.13 Å². The zero-order chi connectivity index (χ0) is 21.0. The second kappa shape index (κ2) is 9.17. The van der Waals surface area contributed by atoms with Crippen LogP contribution in [0.3, 0.4) is 0 Å².